The maximum atomic E-state index is 11.1. The summed E-state index contributed by atoms with van der Waals surface area (Å²) in [4.78, 5) is 15.1. The summed E-state index contributed by atoms with van der Waals surface area (Å²) in [5, 5.41) is 0.604. The topological polar surface area (TPSA) is 83.7 Å². The molecule has 2 rings (SSSR count). The molecule has 0 atom stereocenters. The van der Waals surface area contributed by atoms with Crippen LogP contribution in [0.2, 0.25) is 10.0 Å². The minimum absolute atomic E-state index is 0.123. The molecule has 22 heavy (non-hydrogen) atoms. The predicted molar refractivity (Wildman–Crippen MR) is 82.7 cm³/mol. The van der Waals surface area contributed by atoms with E-state index in [1.807, 2.05) is 0 Å². The summed E-state index contributed by atoms with van der Waals surface area (Å²) in [6, 6.07) is 6.22. The number of rotatable bonds is 5. The Morgan fingerprint density at radius 1 is 1.27 bits per heavy atom. The standard InChI is InChI=1S/C14H12Cl2N2O4/c1-20-13(19)7-21-14-11(3-2-4-18-14)22-12-6-10(17)8(15)5-9(12)16/h2-6H,7,17H2,1H3. The van der Waals surface area contributed by atoms with E-state index in [-0.39, 0.29) is 23.3 Å². The minimum atomic E-state index is -0.537. The van der Waals surface area contributed by atoms with Crippen molar-refractivity contribution in [1.82, 2.24) is 4.98 Å². The maximum Gasteiger partial charge on any atom is 0.343 e. The highest BCUT2D eigenvalue weighted by Crippen LogP contribution is 2.37. The second-order valence-electron chi connectivity index (χ2n) is 4.08. The van der Waals surface area contributed by atoms with Crippen LogP contribution in [0.1, 0.15) is 0 Å². The Bertz CT molecular complexity index is 695. The van der Waals surface area contributed by atoms with Crippen molar-refractivity contribution < 1.29 is 19.0 Å². The molecule has 0 unspecified atom stereocenters. The lowest BCUT2D eigenvalue weighted by molar-refractivity contribution is -0.143. The van der Waals surface area contributed by atoms with E-state index < -0.39 is 5.97 Å². The van der Waals surface area contributed by atoms with E-state index in [2.05, 4.69) is 9.72 Å². The molecular formula is C14H12Cl2N2O4. The van der Waals surface area contributed by atoms with Gasteiger partial charge in [0.1, 0.15) is 5.75 Å². The smallest absolute Gasteiger partial charge is 0.343 e. The summed E-state index contributed by atoms with van der Waals surface area (Å²) in [5.41, 5.74) is 6.04. The molecule has 0 aliphatic heterocycles. The van der Waals surface area contributed by atoms with Crippen LogP contribution in [0.5, 0.6) is 17.4 Å². The number of benzene rings is 1. The molecule has 0 bridgehead atoms. The second kappa shape index (κ2) is 7.20. The van der Waals surface area contributed by atoms with Crippen molar-refractivity contribution in [3.8, 4) is 17.4 Å². The summed E-state index contributed by atoms with van der Waals surface area (Å²) in [5.74, 6) is 0.150. The van der Waals surface area contributed by atoms with Gasteiger partial charge in [-0.05, 0) is 18.2 Å². The Hall–Kier alpha value is -2.18. The summed E-state index contributed by atoms with van der Waals surface area (Å²) in [6.45, 7) is -0.291. The number of carbonyl (C=O) groups is 1. The van der Waals surface area contributed by atoms with E-state index in [0.29, 0.717) is 16.5 Å². The van der Waals surface area contributed by atoms with Gasteiger partial charge in [0.25, 0.3) is 5.88 Å². The fourth-order valence-corrected chi connectivity index (χ4v) is 1.91. The Morgan fingerprint density at radius 2 is 2.05 bits per heavy atom. The molecule has 8 heteroatoms. The minimum Gasteiger partial charge on any atom is -0.466 e. The maximum absolute atomic E-state index is 11.1. The molecular weight excluding hydrogens is 331 g/mol. The molecule has 2 aromatic rings. The molecule has 0 amide bonds. The number of esters is 1. The molecule has 0 radical (unpaired) electrons. The Kier molecular flexibility index (Phi) is 5.30. The molecule has 1 aromatic carbocycles. The predicted octanol–water partition coefficient (Wildman–Crippen LogP) is 3.31. The first-order valence-corrected chi connectivity index (χ1v) is 6.84. The van der Waals surface area contributed by atoms with Crippen LogP contribution in [0.25, 0.3) is 0 Å². The number of halogens is 2. The van der Waals surface area contributed by atoms with E-state index in [1.165, 1.54) is 25.4 Å². The van der Waals surface area contributed by atoms with Crippen LogP contribution in [0.15, 0.2) is 30.5 Å². The molecule has 2 N–H and O–H groups in total. The first-order valence-electron chi connectivity index (χ1n) is 6.08. The Labute approximate surface area is 136 Å². The van der Waals surface area contributed by atoms with Gasteiger partial charge in [-0.2, -0.15) is 0 Å². The van der Waals surface area contributed by atoms with Crippen molar-refractivity contribution >= 4 is 34.9 Å². The number of nitrogen functional groups attached to an aromatic ring is 1. The summed E-state index contributed by atoms with van der Waals surface area (Å²) >= 11 is 11.9. The lowest BCUT2D eigenvalue weighted by Crippen LogP contribution is -2.13. The third-order valence-electron chi connectivity index (χ3n) is 2.56. The quantitative estimate of drug-likeness (QED) is 0.662. The molecule has 0 aliphatic rings. The Morgan fingerprint density at radius 3 is 2.77 bits per heavy atom. The number of hydrogen-bond acceptors (Lipinski definition) is 6. The molecule has 0 fully saturated rings. The first-order chi connectivity index (χ1) is 10.5. The highest BCUT2D eigenvalue weighted by atomic mass is 35.5. The van der Waals surface area contributed by atoms with Crippen molar-refractivity contribution in [2.24, 2.45) is 0 Å². The number of carbonyl (C=O) groups excluding carboxylic acids is 1. The normalized spacial score (nSPS) is 10.1. The summed E-state index contributed by atoms with van der Waals surface area (Å²) in [7, 11) is 1.26. The fourth-order valence-electron chi connectivity index (χ4n) is 1.49. The number of methoxy groups -OCH3 is 1. The number of nitrogens with zero attached hydrogens (tertiary/aromatic N) is 1. The molecule has 0 saturated carbocycles. The van der Waals surface area contributed by atoms with Gasteiger partial charge in [0.15, 0.2) is 12.4 Å². The molecule has 0 saturated heterocycles. The van der Waals surface area contributed by atoms with Gasteiger partial charge in [-0.25, -0.2) is 9.78 Å². The van der Waals surface area contributed by atoms with Crippen LogP contribution in [0, 0.1) is 0 Å². The van der Waals surface area contributed by atoms with Crippen molar-refractivity contribution in [2.75, 3.05) is 19.5 Å². The monoisotopic (exact) mass is 342 g/mol. The number of aromatic nitrogens is 1. The lowest BCUT2D eigenvalue weighted by atomic mass is 10.3. The molecule has 0 spiro atoms. The van der Waals surface area contributed by atoms with Gasteiger partial charge in [0.2, 0.25) is 0 Å². The molecule has 0 aliphatic carbocycles. The average molecular weight is 343 g/mol. The number of ether oxygens (including phenoxy) is 3. The summed E-state index contributed by atoms with van der Waals surface area (Å²) < 4.78 is 15.4. The van der Waals surface area contributed by atoms with E-state index in [0.717, 1.165) is 0 Å². The summed E-state index contributed by atoms with van der Waals surface area (Å²) in [6.07, 6.45) is 1.50. The van der Waals surface area contributed by atoms with Crippen LogP contribution < -0.4 is 15.2 Å². The van der Waals surface area contributed by atoms with Crippen LogP contribution >= 0.6 is 23.2 Å². The fraction of sp³-hybridized carbons (Fsp3) is 0.143. The zero-order valence-electron chi connectivity index (χ0n) is 11.5. The van der Waals surface area contributed by atoms with Gasteiger partial charge in [-0.15, -0.1) is 0 Å². The number of pyridine rings is 1. The zero-order valence-corrected chi connectivity index (χ0v) is 13.0. The van der Waals surface area contributed by atoms with Gasteiger partial charge in [0.05, 0.1) is 22.8 Å². The van der Waals surface area contributed by atoms with Crippen LogP contribution in [0.3, 0.4) is 0 Å². The zero-order chi connectivity index (χ0) is 16.1. The third kappa shape index (κ3) is 3.93. The van der Waals surface area contributed by atoms with Gasteiger partial charge in [-0.1, -0.05) is 23.2 Å². The number of hydrogen-bond donors (Lipinski definition) is 1. The van der Waals surface area contributed by atoms with Crippen molar-refractivity contribution in [3.63, 3.8) is 0 Å². The third-order valence-corrected chi connectivity index (χ3v) is 3.18. The SMILES string of the molecule is COC(=O)COc1ncccc1Oc1cc(N)c(Cl)cc1Cl. The van der Waals surface area contributed by atoms with E-state index in [1.54, 1.807) is 12.1 Å². The average Bonchev–Trinajstić information content (AvgIpc) is 2.51. The van der Waals surface area contributed by atoms with Crippen LogP contribution in [-0.2, 0) is 9.53 Å². The second-order valence-corrected chi connectivity index (χ2v) is 4.89. The van der Waals surface area contributed by atoms with Gasteiger partial charge in [-0.3, -0.25) is 0 Å². The van der Waals surface area contributed by atoms with E-state index in [9.17, 15) is 4.79 Å². The molecule has 1 aromatic heterocycles. The lowest BCUT2D eigenvalue weighted by Gasteiger charge is -2.12. The highest BCUT2D eigenvalue weighted by molar-refractivity contribution is 6.37. The van der Waals surface area contributed by atoms with Crippen molar-refractivity contribution in [1.29, 1.82) is 0 Å². The van der Waals surface area contributed by atoms with E-state index in [4.69, 9.17) is 38.4 Å². The molecule has 6 nitrogen and oxygen atoms in total. The number of anilines is 1. The van der Waals surface area contributed by atoms with Crippen LogP contribution in [0.4, 0.5) is 5.69 Å². The largest absolute Gasteiger partial charge is 0.466 e. The first kappa shape index (κ1) is 16.2. The van der Waals surface area contributed by atoms with Crippen molar-refractivity contribution in [3.05, 3.63) is 40.5 Å². The van der Waals surface area contributed by atoms with Gasteiger partial charge >= 0.3 is 5.97 Å². The molecule has 1 heterocycles. The van der Waals surface area contributed by atoms with Crippen LogP contribution in [-0.4, -0.2) is 24.7 Å². The Balaban J connectivity index is 2.23. The number of nitrogens with two attached hydrogens (primary N) is 1. The van der Waals surface area contributed by atoms with Gasteiger partial charge < -0.3 is 19.9 Å². The van der Waals surface area contributed by atoms with Gasteiger partial charge in [0, 0.05) is 12.3 Å². The van der Waals surface area contributed by atoms with E-state index >= 15 is 0 Å². The van der Waals surface area contributed by atoms with Crippen molar-refractivity contribution in [2.45, 2.75) is 0 Å². The highest BCUT2D eigenvalue weighted by Gasteiger charge is 2.13. The molecule has 116 valence electrons.